The number of benzene rings is 1. The third-order valence-corrected chi connectivity index (χ3v) is 4.95. The van der Waals surface area contributed by atoms with Crippen LogP contribution in [0.4, 0.5) is 4.79 Å². The average molecular weight is 302 g/mol. The second kappa shape index (κ2) is 5.47. The SMILES string of the molecule is COc1ccccc1CN1C(=O)O[C@H]2CN(CC3CC3)C[C@H]21. The van der Waals surface area contributed by atoms with Gasteiger partial charge < -0.3 is 9.47 Å². The molecular weight excluding hydrogens is 280 g/mol. The van der Waals surface area contributed by atoms with Gasteiger partial charge in [-0.3, -0.25) is 9.80 Å². The van der Waals surface area contributed by atoms with Crippen LogP contribution in [-0.2, 0) is 11.3 Å². The zero-order chi connectivity index (χ0) is 15.1. The van der Waals surface area contributed by atoms with Gasteiger partial charge in [0.15, 0.2) is 0 Å². The molecule has 2 aliphatic heterocycles. The number of hydrogen-bond donors (Lipinski definition) is 0. The van der Waals surface area contributed by atoms with Crippen molar-refractivity contribution in [3.8, 4) is 5.75 Å². The summed E-state index contributed by atoms with van der Waals surface area (Å²) in [5, 5.41) is 0. The highest BCUT2D eigenvalue weighted by Crippen LogP contribution is 2.34. The van der Waals surface area contributed by atoms with Crippen molar-refractivity contribution < 1.29 is 14.3 Å². The van der Waals surface area contributed by atoms with Gasteiger partial charge in [0.25, 0.3) is 0 Å². The smallest absolute Gasteiger partial charge is 0.410 e. The number of para-hydroxylation sites is 1. The van der Waals surface area contributed by atoms with Crippen LogP contribution < -0.4 is 4.74 Å². The van der Waals surface area contributed by atoms with Crippen molar-refractivity contribution in [1.82, 2.24) is 9.80 Å². The number of carbonyl (C=O) groups excluding carboxylic acids is 1. The van der Waals surface area contributed by atoms with Crippen LogP contribution in [0.1, 0.15) is 18.4 Å². The van der Waals surface area contributed by atoms with Crippen LogP contribution in [0.2, 0.25) is 0 Å². The lowest BCUT2D eigenvalue weighted by Gasteiger charge is -2.23. The molecule has 1 saturated carbocycles. The fraction of sp³-hybridized carbons (Fsp3) is 0.588. The zero-order valence-corrected chi connectivity index (χ0v) is 12.9. The fourth-order valence-corrected chi connectivity index (χ4v) is 3.59. The van der Waals surface area contributed by atoms with E-state index in [0.717, 1.165) is 36.9 Å². The zero-order valence-electron chi connectivity index (χ0n) is 12.9. The molecule has 0 N–H and O–H groups in total. The van der Waals surface area contributed by atoms with Crippen LogP contribution in [0.15, 0.2) is 24.3 Å². The van der Waals surface area contributed by atoms with Crippen molar-refractivity contribution in [2.45, 2.75) is 31.5 Å². The standard InChI is InChI=1S/C17H22N2O3/c1-21-15-5-3-2-4-13(15)9-19-14-10-18(8-12-6-7-12)11-16(14)22-17(19)20/h2-5,12,14,16H,6-11H2,1H3/t14-,16+/m1/s1. The molecule has 2 heterocycles. The molecule has 4 rings (SSSR count). The molecule has 118 valence electrons. The van der Waals surface area contributed by atoms with Gasteiger partial charge in [-0.15, -0.1) is 0 Å². The van der Waals surface area contributed by atoms with Crippen molar-refractivity contribution in [3.63, 3.8) is 0 Å². The van der Waals surface area contributed by atoms with Crippen LogP contribution >= 0.6 is 0 Å². The van der Waals surface area contributed by atoms with E-state index in [-0.39, 0.29) is 18.2 Å². The molecule has 0 bridgehead atoms. The lowest BCUT2D eigenvalue weighted by molar-refractivity contribution is 0.119. The van der Waals surface area contributed by atoms with Gasteiger partial charge in [0, 0.05) is 25.2 Å². The Hall–Kier alpha value is -1.75. The summed E-state index contributed by atoms with van der Waals surface area (Å²) in [5.74, 6) is 1.70. The molecule has 3 fully saturated rings. The van der Waals surface area contributed by atoms with Gasteiger partial charge in [-0.2, -0.15) is 0 Å². The summed E-state index contributed by atoms with van der Waals surface area (Å²) in [5.41, 5.74) is 1.03. The quantitative estimate of drug-likeness (QED) is 0.835. The number of methoxy groups -OCH3 is 1. The second-order valence-electron chi connectivity index (χ2n) is 6.59. The van der Waals surface area contributed by atoms with Crippen LogP contribution in [-0.4, -0.2) is 54.8 Å². The maximum atomic E-state index is 12.2. The van der Waals surface area contributed by atoms with E-state index in [1.165, 1.54) is 12.8 Å². The minimum atomic E-state index is -0.188. The van der Waals surface area contributed by atoms with Gasteiger partial charge in [0.1, 0.15) is 11.9 Å². The molecular formula is C17H22N2O3. The van der Waals surface area contributed by atoms with Gasteiger partial charge in [-0.25, -0.2) is 4.79 Å². The Morgan fingerprint density at radius 3 is 2.86 bits per heavy atom. The fourth-order valence-electron chi connectivity index (χ4n) is 3.59. The predicted molar refractivity (Wildman–Crippen MR) is 81.8 cm³/mol. The largest absolute Gasteiger partial charge is 0.496 e. The van der Waals surface area contributed by atoms with Crippen molar-refractivity contribution >= 4 is 6.09 Å². The van der Waals surface area contributed by atoms with E-state index < -0.39 is 0 Å². The molecule has 0 aromatic heterocycles. The molecule has 1 amide bonds. The first kappa shape index (κ1) is 13.9. The summed E-state index contributed by atoms with van der Waals surface area (Å²) in [7, 11) is 1.66. The highest BCUT2D eigenvalue weighted by Gasteiger charge is 2.48. The number of rotatable bonds is 5. The van der Waals surface area contributed by atoms with E-state index in [2.05, 4.69) is 4.90 Å². The topological polar surface area (TPSA) is 42.0 Å². The summed E-state index contributed by atoms with van der Waals surface area (Å²) in [6, 6.07) is 8.04. The van der Waals surface area contributed by atoms with Crippen molar-refractivity contribution in [1.29, 1.82) is 0 Å². The molecule has 1 aliphatic carbocycles. The monoisotopic (exact) mass is 302 g/mol. The number of hydrogen-bond acceptors (Lipinski definition) is 4. The maximum Gasteiger partial charge on any atom is 0.410 e. The van der Waals surface area contributed by atoms with Crippen LogP contribution in [0.3, 0.4) is 0 Å². The first-order valence-electron chi connectivity index (χ1n) is 8.06. The van der Waals surface area contributed by atoms with Gasteiger partial charge in [-0.05, 0) is 24.8 Å². The van der Waals surface area contributed by atoms with Crippen molar-refractivity contribution in [2.75, 3.05) is 26.7 Å². The maximum absolute atomic E-state index is 12.2. The van der Waals surface area contributed by atoms with Gasteiger partial charge in [0.2, 0.25) is 0 Å². The normalized spacial score (nSPS) is 27.9. The van der Waals surface area contributed by atoms with E-state index in [0.29, 0.717) is 6.54 Å². The molecule has 2 atom stereocenters. The van der Waals surface area contributed by atoms with Gasteiger partial charge >= 0.3 is 6.09 Å². The van der Waals surface area contributed by atoms with Gasteiger partial charge in [-0.1, -0.05) is 18.2 Å². The predicted octanol–water partition coefficient (Wildman–Crippen LogP) is 2.11. The summed E-state index contributed by atoms with van der Waals surface area (Å²) in [4.78, 5) is 16.5. The lowest BCUT2D eigenvalue weighted by atomic mass is 10.1. The van der Waals surface area contributed by atoms with Crippen molar-refractivity contribution in [3.05, 3.63) is 29.8 Å². The van der Waals surface area contributed by atoms with Crippen LogP contribution in [0.5, 0.6) is 5.75 Å². The molecule has 22 heavy (non-hydrogen) atoms. The number of fused-ring (bicyclic) bond motifs is 1. The van der Waals surface area contributed by atoms with Crippen LogP contribution in [0, 0.1) is 5.92 Å². The van der Waals surface area contributed by atoms with E-state index in [4.69, 9.17) is 9.47 Å². The molecule has 1 aromatic carbocycles. The highest BCUT2D eigenvalue weighted by molar-refractivity contribution is 5.71. The van der Waals surface area contributed by atoms with E-state index in [1.807, 2.05) is 29.2 Å². The molecule has 0 spiro atoms. The van der Waals surface area contributed by atoms with E-state index in [9.17, 15) is 4.79 Å². The Morgan fingerprint density at radius 2 is 2.09 bits per heavy atom. The van der Waals surface area contributed by atoms with Gasteiger partial charge in [0.05, 0.1) is 19.7 Å². The molecule has 0 unspecified atom stereocenters. The minimum absolute atomic E-state index is 0.0287. The average Bonchev–Trinajstić information content (AvgIpc) is 3.18. The number of nitrogens with zero attached hydrogens (tertiary/aromatic N) is 2. The Balaban J connectivity index is 1.47. The molecule has 5 heteroatoms. The third-order valence-electron chi connectivity index (χ3n) is 4.95. The number of ether oxygens (including phenoxy) is 2. The Labute approximate surface area is 130 Å². The Morgan fingerprint density at radius 1 is 1.27 bits per heavy atom. The number of amides is 1. The summed E-state index contributed by atoms with van der Waals surface area (Å²) >= 11 is 0. The molecule has 1 aromatic rings. The summed E-state index contributed by atoms with van der Waals surface area (Å²) in [6.07, 6.45) is 2.56. The number of likely N-dealkylation sites (tertiary alicyclic amines) is 1. The third kappa shape index (κ3) is 2.54. The summed E-state index contributed by atoms with van der Waals surface area (Å²) in [6.45, 7) is 3.53. The van der Waals surface area contributed by atoms with E-state index >= 15 is 0 Å². The Kier molecular flexibility index (Phi) is 3.45. The van der Waals surface area contributed by atoms with Crippen molar-refractivity contribution in [2.24, 2.45) is 5.92 Å². The van der Waals surface area contributed by atoms with E-state index in [1.54, 1.807) is 7.11 Å². The molecule has 0 radical (unpaired) electrons. The first-order valence-corrected chi connectivity index (χ1v) is 8.06. The second-order valence-corrected chi connectivity index (χ2v) is 6.59. The van der Waals surface area contributed by atoms with Crippen LogP contribution in [0.25, 0.3) is 0 Å². The summed E-state index contributed by atoms with van der Waals surface area (Å²) < 4.78 is 11.0. The highest BCUT2D eigenvalue weighted by atomic mass is 16.6. The Bertz CT molecular complexity index is 573. The molecule has 2 saturated heterocycles. The lowest BCUT2D eigenvalue weighted by Crippen LogP contribution is -2.37. The number of carbonyl (C=O) groups is 1. The first-order chi connectivity index (χ1) is 10.7. The molecule has 3 aliphatic rings. The molecule has 5 nitrogen and oxygen atoms in total. The minimum Gasteiger partial charge on any atom is -0.496 e.